The third-order valence-corrected chi connectivity index (χ3v) is 5.05. The molecule has 1 unspecified atom stereocenters. The van der Waals surface area contributed by atoms with Gasteiger partial charge in [0.15, 0.2) is 0 Å². The molecule has 2 heterocycles. The number of aromatic nitrogens is 6. The number of nitrogens with one attached hydrogen (secondary N) is 1. The monoisotopic (exact) mass is 467 g/mol. The topological polar surface area (TPSA) is 109 Å². The van der Waals surface area contributed by atoms with E-state index in [2.05, 4.69) is 30.8 Å². The van der Waals surface area contributed by atoms with Gasteiger partial charge in [-0.1, -0.05) is 17.7 Å². The van der Waals surface area contributed by atoms with E-state index in [0.717, 1.165) is 16.8 Å². The van der Waals surface area contributed by atoms with Crippen molar-refractivity contribution in [2.45, 2.75) is 19.6 Å². The van der Waals surface area contributed by atoms with Crippen molar-refractivity contribution < 1.29 is 14.2 Å². The van der Waals surface area contributed by atoms with Gasteiger partial charge in [-0.15, -0.1) is 5.10 Å². The molecule has 0 amide bonds. The van der Waals surface area contributed by atoms with E-state index in [1.54, 1.807) is 43.4 Å². The average molecular weight is 468 g/mol. The number of methoxy groups -OCH3 is 2. The first-order valence-electron chi connectivity index (χ1n) is 10.0. The minimum atomic E-state index is -0.191. The van der Waals surface area contributed by atoms with Crippen LogP contribution in [0.3, 0.4) is 0 Å². The molecule has 1 atom stereocenters. The molecule has 170 valence electrons. The Labute approximate surface area is 195 Å². The second-order valence-corrected chi connectivity index (χ2v) is 7.50. The van der Waals surface area contributed by atoms with Gasteiger partial charge in [-0.25, -0.2) is 14.6 Å². The van der Waals surface area contributed by atoms with Crippen LogP contribution >= 0.6 is 11.6 Å². The van der Waals surface area contributed by atoms with Crippen molar-refractivity contribution in [3.8, 4) is 28.4 Å². The highest BCUT2D eigenvalue weighted by Crippen LogP contribution is 2.33. The smallest absolute Gasteiger partial charge is 0.227 e. The van der Waals surface area contributed by atoms with Crippen LogP contribution in [0, 0.1) is 0 Å². The highest BCUT2D eigenvalue weighted by Gasteiger charge is 2.12. The zero-order valence-electron chi connectivity index (χ0n) is 18.3. The molecular formula is C22H22ClN7O3. The average Bonchev–Trinajstić information content (AvgIpc) is 3.34. The van der Waals surface area contributed by atoms with Gasteiger partial charge >= 0.3 is 0 Å². The summed E-state index contributed by atoms with van der Waals surface area (Å²) in [7, 11) is 3.19. The van der Waals surface area contributed by atoms with E-state index >= 15 is 0 Å². The van der Waals surface area contributed by atoms with E-state index in [9.17, 15) is 0 Å². The van der Waals surface area contributed by atoms with E-state index < -0.39 is 0 Å². The van der Waals surface area contributed by atoms with Gasteiger partial charge in [-0.05, 0) is 47.2 Å². The van der Waals surface area contributed by atoms with Crippen molar-refractivity contribution in [3.63, 3.8) is 0 Å². The fraction of sp³-hybridized carbons (Fsp3) is 0.227. The Morgan fingerprint density at radius 2 is 1.82 bits per heavy atom. The molecule has 2 aromatic heterocycles. The molecular weight excluding hydrogens is 446 g/mol. The van der Waals surface area contributed by atoms with Crippen molar-refractivity contribution in [1.82, 2.24) is 30.2 Å². The quantitative estimate of drug-likeness (QED) is 0.390. The number of tetrazole rings is 1. The first-order valence-corrected chi connectivity index (χ1v) is 10.4. The molecule has 0 radical (unpaired) electrons. The second kappa shape index (κ2) is 10.1. The van der Waals surface area contributed by atoms with Crippen LogP contribution in [0.4, 0.5) is 11.6 Å². The molecule has 0 spiro atoms. The number of hydrogen-bond donors (Lipinski definition) is 1. The van der Waals surface area contributed by atoms with E-state index in [0.29, 0.717) is 34.8 Å². The summed E-state index contributed by atoms with van der Waals surface area (Å²) in [6, 6.07) is 11.0. The lowest BCUT2D eigenvalue weighted by molar-refractivity contribution is 0.193. The molecule has 4 rings (SSSR count). The van der Waals surface area contributed by atoms with E-state index in [1.807, 2.05) is 31.2 Å². The maximum atomic E-state index is 6.34. The second-order valence-electron chi connectivity index (χ2n) is 7.09. The molecule has 1 N–H and O–H groups in total. The normalized spacial score (nSPS) is 11.6. The van der Waals surface area contributed by atoms with E-state index in [4.69, 9.17) is 25.8 Å². The van der Waals surface area contributed by atoms with Crippen LogP contribution in [0.5, 0.6) is 17.2 Å². The molecule has 10 nitrogen and oxygen atoms in total. The Morgan fingerprint density at radius 3 is 2.52 bits per heavy atom. The summed E-state index contributed by atoms with van der Waals surface area (Å²) in [6.45, 7) is 2.41. The highest BCUT2D eigenvalue weighted by molar-refractivity contribution is 6.32. The van der Waals surface area contributed by atoms with Gasteiger partial charge in [0, 0.05) is 24.0 Å². The largest absolute Gasteiger partial charge is 0.497 e. The molecule has 0 fully saturated rings. The Balaban J connectivity index is 1.48. The van der Waals surface area contributed by atoms with Crippen LogP contribution in [0.15, 0.2) is 55.1 Å². The molecule has 0 saturated carbocycles. The summed E-state index contributed by atoms with van der Waals surface area (Å²) in [6.07, 6.45) is 4.79. The molecule has 0 aliphatic heterocycles. The van der Waals surface area contributed by atoms with Crippen molar-refractivity contribution in [3.05, 3.63) is 60.1 Å². The van der Waals surface area contributed by atoms with Crippen molar-refractivity contribution in [2.24, 2.45) is 0 Å². The number of halogens is 1. The van der Waals surface area contributed by atoms with Gasteiger partial charge in [-0.3, -0.25) is 0 Å². The number of rotatable bonds is 9. The first kappa shape index (κ1) is 22.3. The van der Waals surface area contributed by atoms with Crippen LogP contribution in [0.1, 0.15) is 6.92 Å². The van der Waals surface area contributed by atoms with Crippen molar-refractivity contribution >= 4 is 23.2 Å². The van der Waals surface area contributed by atoms with Gasteiger partial charge in [0.25, 0.3) is 0 Å². The van der Waals surface area contributed by atoms with Crippen LogP contribution in [0.25, 0.3) is 11.1 Å². The van der Waals surface area contributed by atoms with Crippen molar-refractivity contribution in [1.29, 1.82) is 0 Å². The lowest BCUT2D eigenvalue weighted by Crippen LogP contribution is -2.20. The summed E-state index contributed by atoms with van der Waals surface area (Å²) in [5, 5.41) is 14.8. The fourth-order valence-electron chi connectivity index (χ4n) is 3.12. The Hall–Kier alpha value is -3.92. The summed E-state index contributed by atoms with van der Waals surface area (Å²) in [5.41, 5.74) is 2.42. The van der Waals surface area contributed by atoms with Crippen LogP contribution in [0.2, 0.25) is 5.02 Å². The number of ether oxygens (including phenoxy) is 3. The molecule has 2 aromatic carbocycles. The van der Waals surface area contributed by atoms with E-state index in [-0.39, 0.29) is 6.10 Å². The minimum Gasteiger partial charge on any atom is -0.497 e. The lowest BCUT2D eigenvalue weighted by Gasteiger charge is -2.16. The predicted octanol–water partition coefficient (Wildman–Crippen LogP) is 4.01. The number of benzene rings is 2. The molecule has 33 heavy (non-hydrogen) atoms. The lowest BCUT2D eigenvalue weighted by atomic mass is 10.1. The van der Waals surface area contributed by atoms with Crippen LogP contribution < -0.4 is 19.5 Å². The van der Waals surface area contributed by atoms with Crippen LogP contribution in [-0.4, -0.2) is 50.5 Å². The zero-order chi connectivity index (χ0) is 23.2. The summed E-state index contributed by atoms with van der Waals surface area (Å²) in [5.74, 6) is 2.31. The van der Waals surface area contributed by atoms with E-state index in [1.165, 1.54) is 6.33 Å². The third kappa shape index (κ3) is 5.47. The Kier molecular flexibility index (Phi) is 6.84. The standard InChI is InChI=1S/C22H22ClN7O3/c1-14(12-30-13-26-28-29-30)33-20-8-15(4-6-18(20)23)16-10-24-22(25-11-16)27-19-7-5-17(31-2)9-21(19)32-3/h4-11,13-14H,12H2,1-3H3,(H,24,25,27). The molecule has 0 bridgehead atoms. The fourth-order valence-corrected chi connectivity index (χ4v) is 3.28. The molecule has 4 aromatic rings. The van der Waals surface area contributed by atoms with Crippen LogP contribution in [-0.2, 0) is 6.54 Å². The molecule has 0 aliphatic carbocycles. The van der Waals surface area contributed by atoms with Gasteiger partial charge in [0.2, 0.25) is 5.95 Å². The summed E-state index contributed by atoms with van der Waals surface area (Å²) >= 11 is 6.34. The molecule has 11 heteroatoms. The highest BCUT2D eigenvalue weighted by atomic mass is 35.5. The van der Waals surface area contributed by atoms with Crippen molar-refractivity contribution in [2.75, 3.05) is 19.5 Å². The van der Waals surface area contributed by atoms with Gasteiger partial charge in [0.05, 0.1) is 31.5 Å². The summed E-state index contributed by atoms with van der Waals surface area (Å²) in [4.78, 5) is 8.85. The number of hydrogen-bond acceptors (Lipinski definition) is 9. The molecule has 0 aliphatic rings. The maximum absolute atomic E-state index is 6.34. The van der Waals surface area contributed by atoms with Gasteiger partial charge in [-0.2, -0.15) is 0 Å². The first-order chi connectivity index (χ1) is 16.1. The van der Waals surface area contributed by atoms with Gasteiger partial charge < -0.3 is 19.5 Å². The number of anilines is 2. The molecule has 0 saturated heterocycles. The Bertz CT molecular complexity index is 1200. The van der Waals surface area contributed by atoms with Gasteiger partial charge in [0.1, 0.15) is 29.7 Å². The number of nitrogens with zero attached hydrogens (tertiary/aromatic N) is 6. The predicted molar refractivity (Wildman–Crippen MR) is 123 cm³/mol. The third-order valence-electron chi connectivity index (χ3n) is 4.74. The minimum absolute atomic E-state index is 0.191. The SMILES string of the molecule is COc1ccc(Nc2ncc(-c3ccc(Cl)c(OC(C)Cn4cnnn4)c3)cn2)c(OC)c1. The Morgan fingerprint density at radius 1 is 1.00 bits per heavy atom. The maximum Gasteiger partial charge on any atom is 0.227 e. The summed E-state index contributed by atoms with van der Waals surface area (Å²) < 4.78 is 18.2. The zero-order valence-corrected chi connectivity index (χ0v) is 19.0.